The van der Waals surface area contributed by atoms with Crippen LogP contribution in [0.3, 0.4) is 0 Å². The van der Waals surface area contributed by atoms with Gasteiger partial charge in [-0.05, 0) is 18.2 Å². The van der Waals surface area contributed by atoms with Crippen LogP contribution < -0.4 is 5.14 Å². The van der Waals surface area contributed by atoms with E-state index < -0.39 is 10.0 Å². The van der Waals surface area contributed by atoms with Crippen LogP contribution in [0.1, 0.15) is 0 Å². The number of hydrogen-bond acceptors (Lipinski definition) is 2. The van der Waals surface area contributed by atoms with Crippen LogP contribution in [-0.2, 0) is 10.0 Å². The minimum Gasteiger partial charge on any atom is -0.225 e. The van der Waals surface area contributed by atoms with E-state index in [-0.39, 0.29) is 4.90 Å². The predicted octanol–water partition coefficient (Wildman–Crippen LogP) is 0.788. The zero-order valence-electron chi connectivity index (χ0n) is 5.41. The van der Waals surface area contributed by atoms with Gasteiger partial charge in [0.25, 0.3) is 0 Å². The third-order valence-corrected chi connectivity index (χ3v) is 2.15. The summed E-state index contributed by atoms with van der Waals surface area (Å²) in [4.78, 5) is -0.0538. The van der Waals surface area contributed by atoms with Crippen LogP contribution >= 0.6 is 11.6 Å². The first-order valence-corrected chi connectivity index (χ1v) is 4.62. The maximum atomic E-state index is 10.6. The van der Waals surface area contributed by atoms with Gasteiger partial charge >= 0.3 is 0 Å². The van der Waals surface area contributed by atoms with Gasteiger partial charge in [0.2, 0.25) is 10.0 Å². The van der Waals surface area contributed by atoms with Crippen molar-refractivity contribution in [2.24, 2.45) is 5.14 Å². The van der Waals surface area contributed by atoms with Crippen molar-refractivity contribution in [2.75, 3.05) is 0 Å². The smallest absolute Gasteiger partial charge is 0.225 e. The summed E-state index contributed by atoms with van der Waals surface area (Å²) in [7, 11) is -3.63. The Labute approximate surface area is 69.8 Å². The molecule has 11 heavy (non-hydrogen) atoms. The second-order valence-electron chi connectivity index (χ2n) is 1.92. The molecule has 0 heterocycles. The van der Waals surface area contributed by atoms with Crippen molar-refractivity contribution in [3.05, 3.63) is 29.3 Å². The maximum absolute atomic E-state index is 10.6. The van der Waals surface area contributed by atoms with Gasteiger partial charge in [0, 0.05) is 11.1 Å². The third kappa shape index (κ3) is 2.18. The van der Waals surface area contributed by atoms with Crippen LogP contribution in [0, 0.1) is 6.07 Å². The topological polar surface area (TPSA) is 60.2 Å². The Morgan fingerprint density at radius 1 is 1.45 bits per heavy atom. The Hall–Kier alpha value is -0.580. The summed E-state index contributed by atoms with van der Waals surface area (Å²) in [5.41, 5.74) is 0. The molecule has 0 bridgehead atoms. The summed E-state index contributed by atoms with van der Waals surface area (Å²) < 4.78 is 21.3. The lowest BCUT2D eigenvalue weighted by Gasteiger charge is -1.94. The first kappa shape index (κ1) is 8.52. The van der Waals surface area contributed by atoms with Crippen LogP contribution in [0.15, 0.2) is 23.1 Å². The highest BCUT2D eigenvalue weighted by atomic mass is 35.5. The van der Waals surface area contributed by atoms with Gasteiger partial charge in [0.15, 0.2) is 0 Å². The summed E-state index contributed by atoms with van der Waals surface area (Å²) in [6, 6.07) is 6.53. The maximum Gasteiger partial charge on any atom is 0.238 e. The predicted molar refractivity (Wildman–Crippen MR) is 41.7 cm³/mol. The lowest BCUT2D eigenvalue weighted by Crippen LogP contribution is -2.11. The number of benzene rings is 1. The second kappa shape index (κ2) is 2.81. The summed E-state index contributed by atoms with van der Waals surface area (Å²) in [5, 5.41) is 5.23. The number of hydrogen-bond donors (Lipinski definition) is 1. The largest absolute Gasteiger partial charge is 0.238 e. The van der Waals surface area contributed by atoms with Gasteiger partial charge in [-0.1, -0.05) is 11.6 Å². The van der Waals surface area contributed by atoms with E-state index in [0.717, 1.165) is 0 Å². The summed E-state index contributed by atoms with van der Waals surface area (Å²) in [6.45, 7) is 0. The van der Waals surface area contributed by atoms with E-state index in [2.05, 4.69) is 6.07 Å². The molecule has 1 aromatic carbocycles. The number of halogens is 1. The first-order chi connectivity index (χ1) is 5.00. The average Bonchev–Trinajstić information content (AvgIpc) is 1.86. The summed E-state index contributed by atoms with van der Waals surface area (Å²) in [6.07, 6.45) is 0. The first-order valence-electron chi connectivity index (χ1n) is 2.70. The molecule has 59 valence electrons. The fourth-order valence-electron chi connectivity index (χ4n) is 0.569. The van der Waals surface area contributed by atoms with E-state index in [9.17, 15) is 8.42 Å². The fourth-order valence-corrected chi connectivity index (χ4v) is 1.17. The Morgan fingerprint density at radius 2 is 2.09 bits per heavy atom. The fraction of sp³-hybridized carbons (Fsp3) is 0. The molecule has 0 unspecified atom stereocenters. The van der Waals surface area contributed by atoms with Crippen molar-refractivity contribution in [3.8, 4) is 0 Å². The number of sulfonamides is 1. The second-order valence-corrected chi connectivity index (χ2v) is 3.88. The molecule has 0 aromatic heterocycles. The van der Waals surface area contributed by atoms with Crippen LogP contribution in [0.4, 0.5) is 0 Å². The number of rotatable bonds is 1. The summed E-state index contributed by atoms with van der Waals surface area (Å²) in [5.74, 6) is 0. The van der Waals surface area contributed by atoms with Gasteiger partial charge in [-0.3, -0.25) is 0 Å². The van der Waals surface area contributed by atoms with Gasteiger partial charge < -0.3 is 0 Å². The van der Waals surface area contributed by atoms with Gasteiger partial charge in [-0.25, -0.2) is 13.6 Å². The Bertz CT molecular complexity index is 343. The van der Waals surface area contributed by atoms with Crippen molar-refractivity contribution in [2.45, 2.75) is 4.90 Å². The molecule has 1 rings (SSSR count). The van der Waals surface area contributed by atoms with E-state index in [1.807, 2.05) is 0 Å². The molecule has 0 saturated carbocycles. The van der Waals surface area contributed by atoms with Crippen LogP contribution in [0.2, 0.25) is 5.02 Å². The molecule has 0 aliphatic carbocycles. The molecule has 0 aliphatic rings. The van der Waals surface area contributed by atoms with Gasteiger partial charge in [-0.2, -0.15) is 0 Å². The number of primary sulfonamides is 1. The molecular formula is C6H5ClNO2S. The van der Waals surface area contributed by atoms with Crippen molar-refractivity contribution in [3.63, 3.8) is 0 Å². The minimum absolute atomic E-state index is 0.0538. The minimum atomic E-state index is -3.63. The SMILES string of the molecule is NS(=O)(=O)c1[c]cc(Cl)cc1. The van der Waals surface area contributed by atoms with Crippen LogP contribution in [-0.4, -0.2) is 8.42 Å². The van der Waals surface area contributed by atoms with E-state index in [0.29, 0.717) is 5.02 Å². The highest BCUT2D eigenvalue weighted by molar-refractivity contribution is 7.89. The third-order valence-electron chi connectivity index (χ3n) is 1.05. The zero-order chi connectivity index (χ0) is 8.48. The van der Waals surface area contributed by atoms with Gasteiger partial charge in [0.05, 0.1) is 4.90 Å². The molecule has 0 saturated heterocycles. The monoisotopic (exact) mass is 190 g/mol. The lowest BCUT2D eigenvalue weighted by atomic mass is 10.4. The highest BCUT2D eigenvalue weighted by Gasteiger charge is 2.05. The van der Waals surface area contributed by atoms with E-state index in [1.54, 1.807) is 0 Å². The van der Waals surface area contributed by atoms with E-state index >= 15 is 0 Å². The molecule has 0 amide bonds. The van der Waals surface area contributed by atoms with Gasteiger partial charge in [0.1, 0.15) is 0 Å². The lowest BCUT2D eigenvalue weighted by molar-refractivity contribution is 0.597. The molecule has 0 atom stereocenters. The molecule has 1 radical (unpaired) electrons. The molecule has 5 heteroatoms. The van der Waals surface area contributed by atoms with Gasteiger partial charge in [-0.15, -0.1) is 0 Å². The molecular weight excluding hydrogens is 186 g/mol. The molecule has 2 N–H and O–H groups in total. The van der Waals surface area contributed by atoms with Crippen LogP contribution in [0.25, 0.3) is 0 Å². The molecule has 1 aromatic rings. The molecule has 0 aliphatic heterocycles. The molecule has 3 nitrogen and oxygen atoms in total. The Kier molecular flexibility index (Phi) is 2.17. The zero-order valence-corrected chi connectivity index (χ0v) is 6.98. The van der Waals surface area contributed by atoms with Crippen molar-refractivity contribution in [1.29, 1.82) is 0 Å². The quantitative estimate of drug-likeness (QED) is 0.712. The van der Waals surface area contributed by atoms with Crippen LogP contribution in [0.5, 0.6) is 0 Å². The Morgan fingerprint density at radius 3 is 2.45 bits per heavy atom. The van der Waals surface area contributed by atoms with Crippen molar-refractivity contribution >= 4 is 21.6 Å². The molecule has 0 fully saturated rings. The molecule has 0 spiro atoms. The highest BCUT2D eigenvalue weighted by Crippen LogP contribution is 2.11. The standard InChI is InChI=1S/C6H5ClNO2S/c7-5-1-3-6(4-2-5)11(8,9)10/h1-3H,(H2,8,9,10). The average molecular weight is 191 g/mol. The summed E-state index contributed by atoms with van der Waals surface area (Å²) >= 11 is 5.49. The van der Waals surface area contributed by atoms with Crippen molar-refractivity contribution in [1.82, 2.24) is 0 Å². The van der Waals surface area contributed by atoms with E-state index in [4.69, 9.17) is 16.7 Å². The van der Waals surface area contributed by atoms with E-state index in [1.165, 1.54) is 18.2 Å². The normalized spacial score (nSPS) is 11.5. The van der Waals surface area contributed by atoms with Crippen molar-refractivity contribution < 1.29 is 8.42 Å². The Balaban J connectivity index is 3.20. The number of nitrogens with two attached hydrogens (primary N) is 1.